The Morgan fingerprint density at radius 1 is 1.04 bits per heavy atom. The molecule has 0 aliphatic heterocycles. The predicted octanol–water partition coefficient (Wildman–Crippen LogP) is 2.90. The first-order valence-electron chi connectivity index (χ1n) is 7.64. The third-order valence-electron chi connectivity index (χ3n) is 3.35. The maximum Gasteiger partial charge on any atom is 0.344 e. The molecule has 0 saturated heterocycles. The zero-order valence-electron chi connectivity index (χ0n) is 13.8. The van der Waals surface area contributed by atoms with Crippen molar-refractivity contribution in [1.29, 1.82) is 0 Å². The van der Waals surface area contributed by atoms with Gasteiger partial charge in [0.1, 0.15) is 11.6 Å². The summed E-state index contributed by atoms with van der Waals surface area (Å²) in [6.07, 6.45) is 0. The van der Waals surface area contributed by atoms with E-state index < -0.39 is 48.6 Å². The Bertz CT molecular complexity index is 798. The summed E-state index contributed by atoms with van der Waals surface area (Å²) in [5, 5.41) is 2.42. The third-order valence-corrected chi connectivity index (χ3v) is 3.35. The molecule has 0 aliphatic carbocycles. The largest absolute Gasteiger partial charge is 0.479 e. The van der Waals surface area contributed by atoms with Crippen molar-refractivity contribution in [2.45, 2.75) is 13.0 Å². The molecule has 0 unspecified atom stereocenters. The first-order chi connectivity index (χ1) is 12.4. The van der Waals surface area contributed by atoms with Crippen molar-refractivity contribution in [2.75, 3.05) is 13.2 Å². The van der Waals surface area contributed by atoms with E-state index in [2.05, 4.69) is 5.32 Å². The molecular formula is C18H16F3NO4. The fourth-order valence-electron chi connectivity index (χ4n) is 2.10. The van der Waals surface area contributed by atoms with Crippen LogP contribution in [0.3, 0.4) is 0 Å². The molecule has 1 N–H and O–H groups in total. The van der Waals surface area contributed by atoms with Crippen LogP contribution in [-0.4, -0.2) is 25.1 Å². The van der Waals surface area contributed by atoms with Crippen LogP contribution in [0.1, 0.15) is 18.5 Å². The van der Waals surface area contributed by atoms with Gasteiger partial charge >= 0.3 is 5.97 Å². The van der Waals surface area contributed by atoms with E-state index in [0.717, 1.165) is 6.07 Å². The molecule has 0 bridgehead atoms. The van der Waals surface area contributed by atoms with E-state index in [4.69, 9.17) is 9.47 Å². The number of hydrogen-bond donors (Lipinski definition) is 1. The molecule has 0 spiro atoms. The molecule has 0 fully saturated rings. The summed E-state index contributed by atoms with van der Waals surface area (Å²) in [4.78, 5) is 23.3. The standard InChI is InChI=1S/C18H16F3NO4/c1-11(13-7-6-12(19)8-15(13)21)22-17(23)9-26-18(24)10-25-16-5-3-2-4-14(16)20/h2-8,11H,9-10H2,1H3,(H,22,23)/t11-/m0/s1. The van der Waals surface area contributed by atoms with E-state index in [-0.39, 0.29) is 11.3 Å². The van der Waals surface area contributed by atoms with Gasteiger partial charge in [-0.2, -0.15) is 0 Å². The van der Waals surface area contributed by atoms with Gasteiger partial charge in [0.2, 0.25) is 0 Å². The number of ether oxygens (including phenoxy) is 2. The van der Waals surface area contributed by atoms with Crippen LogP contribution in [0.25, 0.3) is 0 Å². The summed E-state index contributed by atoms with van der Waals surface area (Å²) in [6, 6.07) is 7.75. The van der Waals surface area contributed by atoms with Gasteiger partial charge in [-0.05, 0) is 25.1 Å². The first-order valence-corrected chi connectivity index (χ1v) is 7.64. The average molecular weight is 367 g/mol. The van der Waals surface area contributed by atoms with Gasteiger partial charge in [-0.15, -0.1) is 0 Å². The highest BCUT2D eigenvalue weighted by molar-refractivity contribution is 5.81. The van der Waals surface area contributed by atoms with E-state index in [1.54, 1.807) is 0 Å². The monoisotopic (exact) mass is 367 g/mol. The summed E-state index contributed by atoms with van der Waals surface area (Å²) in [5.41, 5.74) is 0.0916. The lowest BCUT2D eigenvalue weighted by Crippen LogP contribution is -2.32. The summed E-state index contributed by atoms with van der Waals surface area (Å²) >= 11 is 0. The molecule has 5 nitrogen and oxygen atoms in total. The van der Waals surface area contributed by atoms with Gasteiger partial charge < -0.3 is 14.8 Å². The molecule has 0 saturated carbocycles. The SMILES string of the molecule is C[C@H](NC(=O)COC(=O)COc1ccccc1F)c1ccc(F)cc1F. The molecule has 138 valence electrons. The number of rotatable bonds is 7. The molecule has 2 aromatic rings. The van der Waals surface area contributed by atoms with Crippen LogP contribution in [0.15, 0.2) is 42.5 Å². The number of para-hydroxylation sites is 1. The molecule has 0 radical (unpaired) electrons. The zero-order chi connectivity index (χ0) is 19.1. The van der Waals surface area contributed by atoms with Gasteiger partial charge in [0.25, 0.3) is 5.91 Å². The lowest BCUT2D eigenvalue weighted by atomic mass is 10.1. The van der Waals surface area contributed by atoms with Crippen LogP contribution in [0.2, 0.25) is 0 Å². The topological polar surface area (TPSA) is 64.6 Å². The highest BCUT2D eigenvalue weighted by atomic mass is 19.1. The zero-order valence-corrected chi connectivity index (χ0v) is 13.8. The highest BCUT2D eigenvalue weighted by Gasteiger charge is 2.16. The van der Waals surface area contributed by atoms with Crippen molar-refractivity contribution in [3.8, 4) is 5.75 Å². The van der Waals surface area contributed by atoms with Gasteiger partial charge in [-0.25, -0.2) is 18.0 Å². The second-order valence-electron chi connectivity index (χ2n) is 5.33. The molecule has 2 rings (SSSR count). The quantitative estimate of drug-likeness (QED) is 0.765. The molecule has 26 heavy (non-hydrogen) atoms. The van der Waals surface area contributed by atoms with E-state index >= 15 is 0 Å². The van der Waals surface area contributed by atoms with Crippen LogP contribution in [0.5, 0.6) is 5.75 Å². The van der Waals surface area contributed by atoms with Gasteiger partial charge in [0.15, 0.2) is 24.8 Å². The second-order valence-corrected chi connectivity index (χ2v) is 5.33. The Labute approximate surface area is 147 Å². The maximum absolute atomic E-state index is 13.6. The lowest BCUT2D eigenvalue weighted by molar-refractivity contribution is -0.150. The van der Waals surface area contributed by atoms with Crippen molar-refractivity contribution in [1.82, 2.24) is 5.32 Å². The molecule has 1 atom stereocenters. The predicted molar refractivity (Wildman–Crippen MR) is 85.8 cm³/mol. The number of benzene rings is 2. The Morgan fingerprint density at radius 3 is 2.46 bits per heavy atom. The fraction of sp³-hybridized carbons (Fsp3) is 0.222. The highest BCUT2D eigenvalue weighted by Crippen LogP contribution is 2.17. The number of hydrogen-bond acceptors (Lipinski definition) is 4. The van der Waals surface area contributed by atoms with Gasteiger partial charge in [-0.3, -0.25) is 4.79 Å². The Kier molecular flexibility index (Phi) is 6.60. The van der Waals surface area contributed by atoms with Crippen LogP contribution in [-0.2, 0) is 14.3 Å². The van der Waals surface area contributed by atoms with Crippen LogP contribution in [0, 0.1) is 17.5 Å². The smallest absolute Gasteiger partial charge is 0.344 e. The third kappa shape index (κ3) is 5.51. The minimum absolute atomic E-state index is 0.0916. The molecule has 8 heteroatoms. The number of carbonyl (C=O) groups excluding carboxylic acids is 2. The Morgan fingerprint density at radius 2 is 1.77 bits per heavy atom. The van der Waals surface area contributed by atoms with Crippen molar-refractivity contribution >= 4 is 11.9 Å². The van der Waals surface area contributed by atoms with Crippen molar-refractivity contribution in [3.05, 3.63) is 65.5 Å². The number of halogens is 3. The van der Waals surface area contributed by atoms with Crippen LogP contribution >= 0.6 is 0 Å². The Hall–Kier alpha value is -3.03. The van der Waals surface area contributed by atoms with Crippen molar-refractivity contribution in [3.63, 3.8) is 0 Å². The normalized spacial score (nSPS) is 11.5. The van der Waals surface area contributed by atoms with E-state index in [0.29, 0.717) is 6.07 Å². The number of carbonyl (C=O) groups is 2. The van der Waals surface area contributed by atoms with Gasteiger partial charge in [-0.1, -0.05) is 18.2 Å². The number of esters is 1. The van der Waals surface area contributed by atoms with Crippen molar-refractivity contribution in [2.24, 2.45) is 0 Å². The number of nitrogens with one attached hydrogen (secondary N) is 1. The van der Waals surface area contributed by atoms with E-state index in [9.17, 15) is 22.8 Å². The maximum atomic E-state index is 13.6. The molecule has 0 aliphatic rings. The van der Waals surface area contributed by atoms with E-state index in [1.807, 2.05) is 0 Å². The molecule has 0 heterocycles. The molecule has 1 amide bonds. The number of amides is 1. The van der Waals surface area contributed by atoms with Crippen LogP contribution in [0.4, 0.5) is 13.2 Å². The average Bonchev–Trinajstić information content (AvgIpc) is 2.59. The molecule has 2 aromatic carbocycles. The molecule has 0 aromatic heterocycles. The first kappa shape index (κ1) is 19.3. The summed E-state index contributed by atoms with van der Waals surface area (Å²) in [6.45, 7) is 0.306. The van der Waals surface area contributed by atoms with Gasteiger partial charge in [0.05, 0.1) is 6.04 Å². The summed E-state index contributed by atoms with van der Waals surface area (Å²) in [5.74, 6) is -3.83. The minimum atomic E-state index is -0.871. The van der Waals surface area contributed by atoms with Crippen molar-refractivity contribution < 1.29 is 32.2 Å². The van der Waals surface area contributed by atoms with Gasteiger partial charge in [0, 0.05) is 11.6 Å². The Balaban J connectivity index is 1.77. The second kappa shape index (κ2) is 8.89. The summed E-state index contributed by atoms with van der Waals surface area (Å²) < 4.78 is 49.5. The molecular weight excluding hydrogens is 351 g/mol. The lowest BCUT2D eigenvalue weighted by Gasteiger charge is -2.15. The fourth-order valence-corrected chi connectivity index (χ4v) is 2.10. The van der Waals surface area contributed by atoms with Crippen LogP contribution < -0.4 is 10.1 Å². The minimum Gasteiger partial charge on any atom is -0.479 e. The van der Waals surface area contributed by atoms with E-state index in [1.165, 1.54) is 37.3 Å². The summed E-state index contributed by atoms with van der Waals surface area (Å²) in [7, 11) is 0.